The van der Waals surface area contributed by atoms with Crippen LogP contribution in [0.2, 0.25) is 0 Å². The van der Waals surface area contributed by atoms with E-state index in [0.29, 0.717) is 5.92 Å². The van der Waals surface area contributed by atoms with Gasteiger partial charge in [0.05, 0.1) is 7.11 Å². The first kappa shape index (κ1) is 13.0. The lowest BCUT2D eigenvalue weighted by molar-refractivity contribution is 0.407. The van der Waals surface area contributed by atoms with Crippen molar-refractivity contribution in [3.63, 3.8) is 0 Å². The van der Waals surface area contributed by atoms with E-state index in [1.165, 1.54) is 5.56 Å². The highest BCUT2D eigenvalue weighted by Crippen LogP contribution is 2.29. The molecule has 2 atom stereocenters. The Morgan fingerprint density at radius 2 is 1.75 bits per heavy atom. The lowest BCUT2D eigenvalue weighted by Crippen LogP contribution is -2.18. The van der Waals surface area contributed by atoms with Crippen molar-refractivity contribution in [3.8, 4) is 5.75 Å². The standard InChI is InChI=1S/C14H23NO/c1-6-9(2)13(15)12-7-10(3)14(16-5)11(4)8-12/h7-9,13H,6,15H2,1-5H3/t9?,13-/m0/s1. The second-order valence-corrected chi connectivity index (χ2v) is 4.60. The third-order valence-corrected chi connectivity index (χ3v) is 3.33. The van der Waals surface area contributed by atoms with Gasteiger partial charge >= 0.3 is 0 Å². The molecule has 2 nitrogen and oxygen atoms in total. The van der Waals surface area contributed by atoms with Crippen LogP contribution in [0.3, 0.4) is 0 Å². The van der Waals surface area contributed by atoms with Gasteiger partial charge in [0.1, 0.15) is 5.75 Å². The minimum absolute atomic E-state index is 0.119. The normalized spacial score (nSPS) is 14.6. The Morgan fingerprint density at radius 3 is 2.12 bits per heavy atom. The zero-order valence-electron chi connectivity index (χ0n) is 11.0. The van der Waals surface area contributed by atoms with Crippen molar-refractivity contribution < 1.29 is 4.74 Å². The van der Waals surface area contributed by atoms with Gasteiger partial charge in [-0.3, -0.25) is 0 Å². The summed E-state index contributed by atoms with van der Waals surface area (Å²) in [5.74, 6) is 1.48. The van der Waals surface area contributed by atoms with Crippen LogP contribution in [0.1, 0.15) is 43.0 Å². The maximum Gasteiger partial charge on any atom is 0.124 e. The van der Waals surface area contributed by atoms with Crippen LogP contribution >= 0.6 is 0 Å². The predicted molar refractivity (Wildman–Crippen MR) is 68.9 cm³/mol. The van der Waals surface area contributed by atoms with Crippen LogP contribution in [0, 0.1) is 19.8 Å². The largest absolute Gasteiger partial charge is 0.496 e. The molecule has 0 heterocycles. The van der Waals surface area contributed by atoms with E-state index in [2.05, 4.69) is 39.8 Å². The molecule has 0 fully saturated rings. The molecule has 0 amide bonds. The molecule has 1 aromatic carbocycles. The highest BCUT2D eigenvalue weighted by molar-refractivity contribution is 5.44. The highest BCUT2D eigenvalue weighted by Gasteiger charge is 2.15. The van der Waals surface area contributed by atoms with Gasteiger partial charge in [0.25, 0.3) is 0 Å². The van der Waals surface area contributed by atoms with E-state index in [4.69, 9.17) is 10.5 Å². The molecule has 1 unspecified atom stereocenters. The summed E-state index contributed by atoms with van der Waals surface area (Å²) in [6, 6.07) is 4.40. The zero-order valence-corrected chi connectivity index (χ0v) is 11.0. The first-order valence-electron chi connectivity index (χ1n) is 5.92. The summed E-state index contributed by atoms with van der Waals surface area (Å²) in [4.78, 5) is 0. The van der Waals surface area contributed by atoms with Crippen LogP contribution in [-0.2, 0) is 0 Å². The summed E-state index contributed by atoms with van der Waals surface area (Å²) in [6.45, 7) is 8.50. The van der Waals surface area contributed by atoms with Gasteiger partial charge in [0.2, 0.25) is 0 Å². The number of rotatable bonds is 4. The first-order chi connectivity index (χ1) is 7.51. The SMILES string of the molecule is CCC(C)[C@H](N)c1cc(C)c(OC)c(C)c1. The van der Waals surface area contributed by atoms with Crippen molar-refractivity contribution in [1.29, 1.82) is 0 Å². The van der Waals surface area contributed by atoms with Crippen molar-refractivity contribution in [1.82, 2.24) is 0 Å². The van der Waals surface area contributed by atoms with E-state index in [9.17, 15) is 0 Å². The molecular weight excluding hydrogens is 198 g/mol. The molecule has 0 saturated carbocycles. The molecule has 1 aromatic rings. The number of hydrogen-bond acceptors (Lipinski definition) is 2. The van der Waals surface area contributed by atoms with Crippen LogP contribution in [0.15, 0.2) is 12.1 Å². The molecule has 0 aromatic heterocycles. The summed E-state index contributed by atoms with van der Waals surface area (Å²) < 4.78 is 5.36. The van der Waals surface area contributed by atoms with Crippen LogP contribution in [-0.4, -0.2) is 7.11 Å². The van der Waals surface area contributed by atoms with Crippen LogP contribution in [0.25, 0.3) is 0 Å². The first-order valence-corrected chi connectivity index (χ1v) is 5.92. The van der Waals surface area contributed by atoms with Crippen LogP contribution < -0.4 is 10.5 Å². The van der Waals surface area contributed by atoms with Crippen molar-refractivity contribution in [2.75, 3.05) is 7.11 Å². The summed E-state index contributed by atoms with van der Waals surface area (Å²) in [5, 5.41) is 0. The second kappa shape index (κ2) is 5.35. The number of hydrogen-bond donors (Lipinski definition) is 1. The Labute approximate surface area is 98.8 Å². The minimum Gasteiger partial charge on any atom is -0.496 e. The molecule has 1 rings (SSSR count). The fourth-order valence-corrected chi connectivity index (χ4v) is 2.08. The van der Waals surface area contributed by atoms with Gasteiger partial charge in [-0.15, -0.1) is 0 Å². The average Bonchev–Trinajstić information content (AvgIpc) is 2.26. The smallest absolute Gasteiger partial charge is 0.124 e. The van der Waals surface area contributed by atoms with E-state index in [0.717, 1.165) is 23.3 Å². The molecule has 2 N–H and O–H groups in total. The number of methoxy groups -OCH3 is 1. The monoisotopic (exact) mass is 221 g/mol. The molecule has 0 aliphatic heterocycles. The van der Waals surface area contributed by atoms with E-state index < -0.39 is 0 Å². The van der Waals surface area contributed by atoms with Gasteiger partial charge in [-0.25, -0.2) is 0 Å². The van der Waals surface area contributed by atoms with Crippen LogP contribution in [0.5, 0.6) is 5.75 Å². The number of ether oxygens (including phenoxy) is 1. The third kappa shape index (κ3) is 2.56. The Bertz CT molecular complexity index is 337. The van der Waals surface area contributed by atoms with Gasteiger partial charge < -0.3 is 10.5 Å². The molecule has 0 spiro atoms. The fourth-order valence-electron chi connectivity index (χ4n) is 2.08. The Hall–Kier alpha value is -1.02. The van der Waals surface area contributed by atoms with Crippen LogP contribution in [0.4, 0.5) is 0 Å². The number of benzene rings is 1. The van der Waals surface area contributed by atoms with Crippen molar-refractivity contribution >= 4 is 0 Å². The summed E-state index contributed by atoms with van der Waals surface area (Å²) in [6.07, 6.45) is 1.10. The van der Waals surface area contributed by atoms with E-state index in [1.807, 2.05) is 0 Å². The average molecular weight is 221 g/mol. The number of nitrogens with two attached hydrogens (primary N) is 1. The zero-order chi connectivity index (χ0) is 12.3. The van der Waals surface area contributed by atoms with E-state index in [1.54, 1.807) is 7.11 Å². The maximum absolute atomic E-state index is 6.24. The van der Waals surface area contributed by atoms with Gasteiger partial charge in [0.15, 0.2) is 0 Å². The van der Waals surface area contributed by atoms with E-state index in [-0.39, 0.29) is 6.04 Å². The lowest BCUT2D eigenvalue weighted by Gasteiger charge is -2.21. The minimum atomic E-state index is 0.119. The van der Waals surface area contributed by atoms with Gasteiger partial charge in [0, 0.05) is 6.04 Å². The molecule has 16 heavy (non-hydrogen) atoms. The predicted octanol–water partition coefficient (Wildman–Crippen LogP) is 3.36. The fraction of sp³-hybridized carbons (Fsp3) is 0.571. The molecule has 2 heteroatoms. The summed E-state index contributed by atoms with van der Waals surface area (Å²) in [7, 11) is 1.71. The Morgan fingerprint density at radius 1 is 1.25 bits per heavy atom. The molecular formula is C14H23NO. The van der Waals surface area contributed by atoms with E-state index >= 15 is 0 Å². The van der Waals surface area contributed by atoms with Gasteiger partial charge in [-0.2, -0.15) is 0 Å². The molecule has 90 valence electrons. The quantitative estimate of drug-likeness (QED) is 0.846. The topological polar surface area (TPSA) is 35.2 Å². The van der Waals surface area contributed by atoms with Gasteiger partial charge in [-0.05, 0) is 36.5 Å². The Balaban J connectivity index is 3.08. The molecule has 0 bridgehead atoms. The van der Waals surface area contributed by atoms with Crippen molar-refractivity contribution in [2.24, 2.45) is 11.7 Å². The van der Waals surface area contributed by atoms with Crippen molar-refractivity contribution in [2.45, 2.75) is 40.2 Å². The van der Waals surface area contributed by atoms with Gasteiger partial charge in [-0.1, -0.05) is 32.4 Å². The highest BCUT2D eigenvalue weighted by atomic mass is 16.5. The molecule has 0 saturated heterocycles. The van der Waals surface area contributed by atoms with Crippen molar-refractivity contribution in [3.05, 3.63) is 28.8 Å². The molecule has 0 aliphatic carbocycles. The molecule has 0 radical (unpaired) electrons. The maximum atomic E-state index is 6.24. The number of aryl methyl sites for hydroxylation is 2. The third-order valence-electron chi connectivity index (χ3n) is 3.33. The Kier molecular flexibility index (Phi) is 4.36. The lowest BCUT2D eigenvalue weighted by atomic mass is 9.91. The molecule has 0 aliphatic rings. The summed E-state index contributed by atoms with van der Waals surface area (Å²) in [5.41, 5.74) is 9.78. The summed E-state index contributed by atoms with van der Waals surface area (Å²) >= 11 is 0. The second-order valence-electron chi connectivity index (χ2n) is 4.60.